The van der Waals surface area contributed by atoms with Crippen molar-refractivity contribution in [3.05, 3.63) is 105 Å². The first-order chi connectivity index (χ1) is 19.9. The van der Waals surface area contributed by atoms with Gasteiger partial charge in [0.2, 0.25) is 0 Å². The van der Waals surface area contributed by atoms with E-state index in [0.29, 0.717) is 73.0 Å². The fraction of sp³-hybridized carbons (Fsp3) is 0.214. The zero-order valence-corrected chi connectivity index (χ0v) is 25.6. The number of hydrogen-bond donors (Lipinski definition) is 1. The molecule has 0 unspecified atom stereocenters. The van der Waals surface area contributed by atoms with Gasteiger partial charge in [0.15, 0.2) is 0 Å². The largest absolute Gasteiger partial charge is 0.491 e. The number of carbonyl (C=O) groups excluding carboxylic acids is 2. The number of aromatic nitrogens is 4. The van der Waals surface area contributed by atoms with Gasteiger partial charge in [0.1, 0.15) is 36.4 Å². The lowest BCUT2D eigenvalue weighted by atomic mass is 10.2. The van der Waals surface area contributed by atoms with Gasteiger partial charge in [0.25, 0.3) is 11.8 Å². The number of carbonyl (C=O) groups is 2. The summed E-state index contributed by atoms with van der Waals surface area (Å²) in [4.78, 5) is 41.7. The number of nitrogens with zero attached hydrogens (tertiary/aromatic N) is 5. The summed E-state index contributed by atoms with van der Waals surface area (Å²) in [6.07, 6.45) is 6.69. The van der Waals surface area contributed by atoms with Gasteiger partial charge < -0.3 is 19.7 Å². The minimum absolute atomic E-state index is 0.0637. The molecule has 0 spiro atoms. The second-order valence-corrected chi connectivity index (χ2v) is 10.5. The van der Waals surface area contributed by atoms with Gasteiger partial charge in [-0.3, -0.25) is 9.59 Å². The number of fused-ring (bicyclic) bond motifs is 2. The Bertz CT molecular complexity index is 1470. The van der Waals surface area contributed by atoms with Gasteiger partial charge in [-0.1, -0.05) is 31.9 Å². The number of benzene rings is 2. The fourth-order valence-electron chi connectivity index (χ4n) is 3.69. The highest BCUT2D eigenvalue weighted by atomic mass is 79.9. The van der Waals surface area contributed by atoms with Gasteiger partial charge in [-0.2, -0.15) is 0 Å². The molecule has 4 aromatic rings. The lowest BCUT2D eigenvalue weighted by Gasteiger charge is -2.18. The third-order valence-corrected chi connectivity index (χ3v) is 6.83. The van der Waals surface area contributed by atoms with E-state index in [1.165, 1.54) is 0 Å². The number of nitrogens with one attached hydrogen (secondary N) is 1. The molecule has 2 aliphatic heterocycles. The van der Waals surface area contributed by atoms with Crippen molar-refractivity contribution in [2.24, 2.45) is 0 Å². The molecule has 0 saturated heterocycles. The van der Waals surface area contributed by atoms with Crippen LogP contribution in [0, 0.1) is 0 Å². The van der Waals surface area contributed by atoms with E-state index in [2.05, 4.69) is 57.1 Å². The predicted octanol–water partition coefficient (Wildman–Crippen LogP) is 5.06. The second kappa shape index (κ2) is 15.4. The Hall–Kier alpha value is -3.61. The van der Waals surface area contributed by atoms with E-state index in [1.54, 1.807) is 66.1 Å². The number of alkyl halides is 1. The topological polar surface area (TPSA) is 119 Å². The summed E-state index contributed by atoms with van der Waals surface area (Å²) >= 11 is 12.1. The summed E-state index contributed by atoms with van der Waals surface area (Å²) in [5.74, 6) is 2.82. The number of hydrogen-bond acceptors (Lipinski definition) is 8. The Morgan fingerprint density at radius 1 is 0.805 bits per heavy atom. The molecular weight excluding hydrogens is 680 g/mol. The Kier molecular flexibility index (Phi) is 11.4. The van der Waals surface area contributed by atoms with Crippen LogP contribution in [0.5, 0.6) is 11.5 Å². The summed E-state index contributed by atoms with van der Waals surface area (Å²) in [6, 6.07) is 14.4. The fourth-order valence-corrected chi connectivity index (χ4v) is 4.55. The van der Waals surface area contributed by atoms with Crippen molar-refractivity contribution in [1.82, 2.24) is 30.2 Å². The van der Waals surface area contributed by atoms with Crippen molar-refractivity contribution in [2.45, 2.75) is 12.4 Å². The van der Waals surface area contributed by atoms with Gasteiger partial charge in [0, 0.05) is 33.7 Å². The molecule has 2 amide bonds. The second-order valence-electron chi connectivity index (χ2n) is 8.42. The summed E-state index contributed by atoms with van der Waals surface area (Å²) in [5, 5.41) is 2.74. The van der Waals surface area contributed by atoms with Crippen molar-refractivity contribution in [3.63, 3.8) is 0 Å². The van der Waals surface area contributed by atoms with E-state index in [-0.39, 0.29) is 11.8 Å². The molecule has 4 heterocycles. The molecule has 41 heavy (non-hydrogen) atoms. The average Bonchev–Trinajstić information content (AvgIpc) is 3.28. The molecule has 13 heteroatoms. The molecule has 2 aromatic heterocycles. The number of amides is 2. The molecule has 0 radical (unpaired) electrons. The van der Waals surface area contributed by atoms with Crippen LogP contribution in [0.4, 0.5) is 0 Å². The molecule has 212 valence electrons. The molecule has 0 fully saturated rings. The van der Waals surface area contributed by atoms with E-state index in [4.69, 9.17) is 21.1 Å². The summed E-state index contributed by atoms with van der Waals surface area (Å²) in [5.41, 5.74) is 1.15. The molecule has 0 bridgehead atoms. The first kappa shape index (κ1) is 30.4. The highest BCUT2D eigenvalue weighted by Gasteiger charge is 2.24. The highest BCUT2D eigenvalue weighted by molar-refractivity contribution is 9.10. The summed E-state index contributed by atoms with van der Waals surface area (Å²) < 4.78 is 12.7. The van der Waals surface area contributed by atoms with E-state index >= 15 is 0 Å². The summed E-state index contributed by atoms with van der Waals surface area (Å²) in [6.45, 7) is 2.46. The zero-order valence-electron chi connectivity index (χ0n) is 21.7. The van der Waals surface area contributed by atoms with Crippen molar-refractivity contribution < 1.29 is 19.1 Å². The molecule has 10 nitrogen and oxygen atoms in total. The molecule has 2 aliphatic rings. The van der Waals surface area contributed by atoms with Crippen LogP contribution in [0.3, 0.4) is 0 Å². The maximum absolute atomic E-state index is 12.6. The van der Waals surface area contributed by atoms with Gasteiger partial charge in [0.05, 0.1) is 36.6 Å². The molecule has 0 atom stereocenters. The highest BCUT2D eigenvalue weighted by Crippen LogP contribution is 2.27. The van der Waals surface area contributed by atoms with Crippen LogP contribution in [0.1, 0.15) is 32.4 Å². The predicted molar refractivity (Wildman–Crippen MR) is 160 cm³/mol. The maximum atomic E-state index is 12.6. The third kappa shape index (κ3) is 8.94. The van der Waals surface area contributed by atoms with Crippen LogP contribution in [0.2, 0.25) is 0 Å². The van der Waals surface area contributed by atoms with Crippen molar-refractivity contribution in [2.75, 3.05) is 26.3 Å². The van der Waals surface area contributed by atoms with Crippen molar-refractivity contribution in [1.29, 1.82) is 0 Å². The normalized spacial score (nSPS) is 13.7. The molecule has 2 aromatic carbocycles. The number of ether oxygens (including phenoxy) is 2. The molecule has 0 aliphatic carbocycles. The van der Waals surface area contributed by atoms with Crippen molar-refractivity contribution in [3.8, 4) is 11.5 Å². The minimum Gasteiger partial charge on any atom is -0.491 e. The van der Waals surface area contributed by atoms with E-state index in [1.807, 2.05) is 12.1 Å². The van der Waals surface area contributed by atoms with E-state index < -0.39 is 0 Å². The molecule has 0 saturated carbocycles. The van der Waals surface area contributed by atoms with Crippen LogP contribution >= 0.6 is 43.5 Å². The zero-order chi connectivity index (χ0) is 29.0. The standard InChI is InChI=1S/C14H12BrN3O2.C9H8BrNO2.C5H5ClN2/c15-10-2-3-12-11(8-10)14(19)18(6-7-20-12)9-13-16-4-1-5-17-13;10-6-1-2-8-7(5-6)9(12)11-3-4-13-8;6-4-5-7-2-1-3-8-5/h1-5,8H,6-7,9H2;1-2,5H,3-4H2,(H,11,12);1-3H,4H2. The Morgan fingerprint density at radius 3 is 1.98 bits per heavy atom. The van der Waals surface area contributed by atoms with E-state index in [9.17, 15) is 9.59 Å². The van der Waals surface area contributed by atoms with Crippen LogP contribution in [-0.2, 0) is 12.4 Å². The molecular formula is C28H25Br2ClN6O4. The maximum Gasteiger partial charge on any atom is 0.258 e. The smallest absolute Gasteiger partial charge is 0.258 e. The van der Waals surface area contributed by atoms with Crippen molar-refractivity contribution >= 4 is 55.3 Å². The minimum atomic E-state index is -0.0752. The Balaban J connectivity index is 0.000000158. The quantitative estimate of drug-likeness (QED) is 0.294. The Labute approximate surface area is 258 Å². The van der Waals surface area contributed by atoms with Crippen LogP contribution in [0.25, 0.3) is 0 Å². The Morgan fingerprint density at radius 2 is 1.37 bits per heavy atom. The van der Waals surface area contributed by atoms with Gasteiger partial charge in [-0.25, -0.2) is 19.9 Å². The van der Waals surface area contributed by atoms with Gasteiger partial charge in [-0.15, -0.1) is 11.6 Å². The first-order valence-corrected chi connectivity index (χ1v) is 14.6. The van der Waals surface area contributed by atoms with E-state index in [0.717, 1.165) is 8.95 Å². The molecule has 1 N–H and O–H groups in total. The summed E-state index contributed by atoms with van der Waals surface area (Å²) in [7, 11) is 0. The third-order valence-electron chi connectivity index (χ3n) is 5.60. The average molecular weight is 705 g/mol. The van der Waals surface area contributed by atoms with Gasteiger partial charge in [-0.05, 0) is 48.5 Å². The SMILES string of the molecule is ClCc1ncccn1.O=C1NCCOc2ccc(Br)cc21.O=C1c2cc(Br)ccc2OCCN1Cc1ncccn1. The first-order valence-electron chi connectivity index (χ1n) is 12.4. The van der Waals surface area contributed by atoms with Crippen LogP contribution in [-0.4, -0.2) is 63.0 Å². The number of rotatable bonds is 3. The van der Waals surface area contributed by atoms with Crippen LogP contribution < -0.4 is 14.8 Å². The lowest BCUT2D eigenvalue weighted by molar-refractivity contribution is 0.0738. The molecule has 6 rings (SSSR count). The van der Waals surface area contributed by atoms with Crippen LogP contribution in [0.15, 0.2) is 82.3 Å². The number of halogens is 3. The monoisotopic (exact) mass is 702 g/mol. The van der Waals surface area contributed by atoms with Gasteiger partial charge >= 0.3 is 0 Å². The lowest BCUT2D eigenvalue weighted by Crippen LogP contribution is -2.32.